The molecule has 2 rings (SSSR count). The second kappa shape index (κ2) is 5.14. The molecule has 0 radical (unpaired) electrons. The highest BCUT2D eigenvalue weighted by molar-refractivity contribution is 6.30. The zero-order valence-electron chi connectivity index (χ0n) is 9.25. The lowest BCUT2D eigenvalue weighted by Crippen LogP contribution is -2.01. The summed E-state index contributed by atoms with van der Waals surface area (Å²) in [5.41, 5.74) is 0. The van der Waals surface area contributed by atoms with Gasteiger partial charge in [0, 0.05) is 7.05 Å². The van der Waals surface area contributed by atoms with E-state index in [0.29, 0.717) is 0 Å². The first-order valence-corrected chi connectivity index (χ1v) is 5.31. The fraction of sp³-hybridized carbons (Fsp3) is 0.0909. The molecule has 0 aliphatic carbocycles. The Labute approximate surface area is 107 Å². The van der Waals surface area contributed by atoms with Crippen LogP contribution < -0.4 is 10.1 Å². The molecule has 1 N–H and O–H groups in total. The number of rotatable bonds is 3. The third kappa shape index (κ3) is 2.48. The molecule has 0 bridgehead atoms. The van der Waals surface area contributed by atoms with E-state index in [4.69, 9.17) is 16.3 Å². The zero-order chi connectivity index (χ0) is 13.1. The lowest BCUT2D eigenvalue weighted by molar-refractivity contribution is 0.397. The lowest BCUT2D eigenvalue weighted by Gasteiger charge is -2.08. The molecule has 94 valence electrons. The molecule has 1 heterocycles. The summed E-state index contributed by atoms with van der Waals surface area (Å²) in [6.45, 7) is 0. The van der Waals surface area contributed by atoms with Gasteiger partial charge >= 0.3 is 0 Å². The first-order valence-electron chi connectivity index (χ1n) is 4.94. The Bertz CT molecular complexity index is 580. The van der Waals surface area contributed by atoms with Gasteiger partial charge in [0.05, 0.1) is 11.2 Å². The number of aromatic nitrogens is 2. The van der Waals surface area contributed by atoms with Crippen LogP contribution in [-0.2, 0) is 0 Å². The summed E-state index contributed by atoms with van der Waals surface area (Å²) in [6.07, 6.45) is 0.927. The van der Waals surface area contributed by atoms with Crippen LogP contribution in [0.4, 0.5) is 14.7 Å². The van der Waals surface area contributed by atoms with Crippen LogP contribution >= 0.6 is 11.6 Å². The average molecular weight is 272 g/mol. The van der Waals surface area contributed by atoms with E-state index >= 15 is 0 Å². The van der Waals surface area contributed by atoms with E-state index < -0.39 is 11.6 Å². The Balaban J connectivity index is 2.36. The van der Waals surface area contributed by atoms with Crippen LogP contribution in [0, 0.1) is 11.6 Å². The van der Waals surface area contributed by atoms with Gasteiger partial charge in [0.25, 0.3) is 5.88 Å². The minimum atomic E-state index is -0.798. The molecule has 1 aromatic heterocycles. The van der Waals surface area contributed by atoms with E-state index in [-0.39, 0.29) is 22.6 Å². The number of nitrogens with zero attached hydrogens (tertiary/aromatic N) is 2. The van der Waals surface area contributed by atoms with Crippen LogP contribution in [0.2, 0.25) is 5.02 Å². The maximum absolute atomic E-state index is 13.6. The molecule has 0 aliphatic rings. The molecular weight excluding hydrogens is 264 g/mol. The minimum absolute atomic E-state index is 0.115. The molecule has 7 heteroatoms. The topological polar surface area (TPSA) is 47.0 Å². The van der Waals surface area contributed by atoms with Crippen molar-refractivity contribution in [2.45, 2.75) is 0 Å². The summed E-state index contributed by atoms with van der Waals surface area (Å²) in [7, 11) is 1.57. The Morgan fingerprint density at radius 3 is 2.83 bits per heavy atom. The van der Waals surface area contributed by atoms with Gasteiger partial charge in [-0.05, 0) is 12.1 Å². The third-order valence-corrected chi connectivity index (χ3v) is 2.35. The molecule has 2 aromatic rings. The SMILES string of the molecule is CNc1ncc(F)c(Oc2cccc(Cl)c2F)n1. The molecule has 18 heavy (non-hydrogen) atoms. The van der Waals surface area contributed by atoms with Gasteiger partial charge in [-0.1, -0.05) is 17.7 Å². The average Bonchev–Trinajstić information content (AvgIpc) is 2.37. The number of hydrogen-bond acceptors (Lipinski definition) is 4. The van der Waals surface area contributed by atoms with E-state index in [9.17, 15) is 8.78 Å². The van der Waals surface area contributed by atoms with E-state index in [1.54, 1.807) is 7.05 Å². The van der Waals surface area contributed by atoms with Crippen molar-refractivity contribution >= 4 is 17.5 Å². The summed E-state index contributed by atoms with van der Waals surface area (Å²) in [5, 5.41) is 2.50. The van der Waals surface area contributed by atoms with Crippen molar-refractivity contribution in [1.29, 1.82) is 0 Å². The van der Waals surface area contributed by atoms with Gasteiger partial charge in [-0.3, -0.25) is 0 Å². The van der Waals surface area contributed by atoms with Gasteiger partial charge < -0.3 is 10.1 Å². The second-order valence-corrected chi connectivity index (χ2v) is 3.66. The number of benzene rings is 1. The maximum Gasteiger partial charge on any atom is 0.260 e. The van der Waals surface area contributed by atoms with Crippen molar-refractivity contribution in [2.24, 2.45) is 0 Å². The van der Waals surface area contributed by atoms with E-state index in [2.05, 4.69) is 15.3 Å². The predicted octanol–water partition coefficient (Wildman–Crippen LogP) is 3.24. The Hall–Kier alpha value is -1.95. The molecule has 0 amide bonds. The van der Waals surface area contributed by atoms with Gasteiger partial charge in [-0.2, -0.15) is 9.37 Å². The largest absolute Gasteiger partial charge is 0.433 e. The quantitative estimate of drug-likeness (QED) is 0.931. The summed E-state index contributed by atoms with van der Waals surface area (Å²) >= 11 is 5.58. The number of anilines is 1. The highest BCUT2D eigenvalue weighted by atomic mass is 35.5. The second-order valence-electron chi connectivity index (χ2n) is 3.25. The summed E-state index contributed by atoms with van der Waals surface area (Å²) in [6, 6.07) is 4.17. The number of ether oxygens (including phenoxy) is 1. The maximum atomic E-state index is 13.6. The number of halogens is 3. The first kappa shape index (κ1) is 12.5. The Kier molecular flexibility index (Phi) is 3.57. The number of hydrogen-bond donors (Lipinski definition) is 1. The van der Waals surface area contributed by atoms with Crippen LogP contribution in [0.15, 0.2) is 24.4 Å². The van der Waals surface area contributed by atoms with E-state index in [0.717, 1.165) is 6.20 Å². The molecule has 0 fully saturated rings. The van der Waals surface area contributed by atoms with Crippen molar-refractivity contribution in [1.82, 2.24) is 9.97 Å². The summed E-state index contributed by atoms with van der Waals surface area (Å²) in [4.78, 5) is 7.37. The van der Waals surface area contributed by atoms with Gasteiger partial charge in [-0.15, -0.1) is 0 Å². The molecular formula is C11H8ClF2N3O. The van der Waals surface area contributed by atoms with Gasteiger partial charge in [0.15, 0.2) is 11.6 Å². The Morgan fingerprint density at radius 2 is 2.11 bits per heavy atom. The van der Waals surface area contributed by atoms with Gasteiger partial charge in [0.2, 0.25) is 11.8 Å². The van der Waals surface area contributed by atoms with Crippen LogP contribution in [0.5, 0.6) is 11.6 Å². The zero-order valence-corrected chi connectivity index (χ0v) is 10.0. The van der Waals surface area contributed by atoms with Crippen LogP contribution in [-0.4, -0.2) is 17.0 Å². The van der Waals surface area contributed by atoms with Crippen LogP contribution in [0.3, 0.4) is 0 Å². The first-order chi connectivity index (χ1) is 8.61. The number of nitrogens with one attached hydrogen (secondary N) is 1. The highest BCUT2D eigenvalue weighted by Gasteiger charge is 2.13. The fourth-order valence-corrected chi connectivity index (χ4v) is 1.38. The van der Waals surface area contributed by atoms with Crippen molar-refractivity contribution in [3.63, 3.8) is 0 Å². The van der Waals surface area contributed by atoms with Crippen molar-refractivity contribution in [2.75, 3.05) is 12.4 Å². The van der Waals surface area contributed by atoms with Gasteiger partial charge in [0.1, 0.15) is 0 Å². The molecule has 0 atom stereocenters. The Morgan fingerprint density at radius 1 is 1.33 bits per heavy atom. The minimum Gasteiger partial charge on any atom is -0.433 e. The normalized spacial score (nSPS) is 10.2. The smallest absolute Gasteiger partial charge is 0.260 e. The van der Waals surface area contributed by atoms with Crippen LogP contribution in [0.25, 0.3) is 0 Å². The van der Waals surface area contributed by atoms with E-state index in [1.165, 1.54) is 18.2 Å². The molecule has 0 spiro atoms. The van der Waals surface area contributed by atoms with Crippen LogP contribution in [0.1, 0.15) is 0 Å². The standard InChI is InChI=1S/C11H8ClF2N3O/c1-15-11-16-5-7(13)10(17-11)18-8-4-2-3-6(12)9(8)14/h2-5H,1H3,(H,15,16,17). The molecule has 4 nitrogen and oxygen atoms in total. The monoisotopic (exact) mass is 271 g/mol. The lowest BCUT2D eigenvalue weighted by atomic mass is 10.3. The summed E-state index contributed by atoms with van der Waals surface area (Å²) < 4.78 is 32.0. The molecule has 0 aliphatic heterocycles. The summed E-state index contributed by atoms with van der Waals surface area (Å²) in [5.74, 6) is -2.00. The van der Waals surface area contributed by atoms with Gasteiger partial charge in [-0.25, -0.2) is 9.37 Å². The van der Waals surface area contributed by atoms with Crippen molar-refractivity contribution < 1.29 is 13.5 Å². The molecule has 0 saturated carbocycles. The highest BCUT2D eigenvalue weighted by Crippen LogP contribution is 2.29. The third-order valence-electron chi connectivity index (χ3n) is 2.06. The fourth-order valence-electron chi connectivity index (χ4n) is 1.21. The predicted molar refractivity (Wildman–Crippen MR) is 63.0 cm³/mol. The molecule has 1 aromatic carbocycles. The van der Waals surface area contributed by atoms with E-state index in [1.807, 2.05) is 0 Å². The molecule has 0 unspecified atom stereocenters. The molecule has 0 saturated heterocycles. The van der Waals surface area contributed by atoms with Crippen molar-refractivity contribution in [3.05, 3.63) is 41.1 Å². The van der Waals surface area contributed by atoms with Crippen molar-refractivity contribution in [3.8, 4) is 11.6 Å².